The number of hydrogen-bond donors (Lipinski definition) is 3. The van der Waals surface area contributed by atoms with Crippen LogP contribution < -0.4 is 16.2 Å². The van der Waals surface area contributed by atoms with E-state index < -0.39 is 0 Å². The Kier molecular flexibility index (Phi) is 6.56. The summed E-state index contributed by atoms with van der Waals surface area (Å²) in [5.74, 6) is -0.0983. The first-order chi connectivity index (χ1) is 14.7. The summed E-state index contributed by atoms with van der Waals surface area (Å²) in [6, 6.07) is 11.5. The molecule has 0 bridgehead atoms. The van der Waals surface area contributed by atoms with E-state index in [0.717, 1.165) is 49.3 Å². The molecule has 158 valence electrons. The molecule has 8 nitrogen and oxygen atoms in total. The number of anilines is 2. The number of aromatic nitrogens is 1. The zero-order valence-electron chi connectivity index (χ0n) is 16.9. The van der Waals surface area contributed by atoms with Gasteiger partial charge in [0, 0.05) is 37.4 Å². The van der Waals surface area contributed by atoms with Gasteiger partial charge in [0.2, 0.25) is 5.91 Å². The summed E-state index contributed by atoms with van der Waals surface area (Å²) in [6.07, 6.45) is 3.19. The predicted octanol–water partition coefficient (Wildman–Crippen LogP) is 1.80. The molecule has 0 spiro atoms. The van der Waals surface area contributed by atoms with Crippen LogP contribution in [0.15, 0.2) is 36.4 Å². The smallest absolute Gasteiger partial charge is 0.273 e. The van der Waals surface area contributed by atoms with Gasteiger partial charge in [-0.3, -0.25) is 25.3 Å². The molecule has 3 N–H and O–H groups in total. The van der Waals surface area contributed by atoms with E-state index in [0.29, 0.717) is 37.6 Å². The fourth-order valence-corrected chi connectivity index (χ4v) is 3.74. The molecule has 1 aromatic carbocycles. The number of nitrogens with zero attached hydrogens (tertiary/aromatic N) is 2. The molecule has 2 aromatic rings. The van der Waals surface area contributed by atoms with Crippen LogP contribution in [-0.4, -0.2) is 54.5 Å². The number of ether oxygens (including phenoxy) is 1. The van der Waals surface area contributed by atoms with E-state index in [4.69, 9.17) is 9.72 Å². The predicted molar refractivity (Wildman–Crippen MR) is 113 cm³/mol. The van der Waals surface area contributed by atoms with Gasteiger partial charge in [0.1, 0.15) is 5.82 Å². The summed E-state index contributed by atoms with van der Waals surface area (Å²) in [6.45, 7) is 3.69. The van der Waals surface area contributed by atoms with Gasteiger partial charge in [-0.2, -0.15) is 0 Å². The highest BCUT2D eigenvalue weighted by atomic mass is 16.5. The third-order valence-corrected chi connectivity index (χ3v) is 5.41. The van der Waals surface area contributed by atoms with Crippen molar-refractivity contribution in [2.24, 2.45) is 0 Å². The SMILES string of the molecule is O=C(CCN1CCOCC1)NNC(=O)c1cc2c(nc1Nc1ccccc1)CCC2. The number of amides is 2. The lowest BCUT2D eigenvalue weighted by atomic mass is 10.1. The minimum Gasteiger partial charge on any atom is -0.379 e. The number of morpholine rings is 1. The van der Waals surface area contributed by atoms with Crippen LogP contribution in [0.4, 0.5) is 11.5 Å². The van der Waals surface area contributed by atoms with Crippen LogP contribution in [0, 0.1) is 0 Å². The van der Waals surface area contributed by atoms with Crippen molar-refractivity contribution in [2.75, 3.05) is 38.2 Å². The van der Waals surface area contributed by atoms with E-state index in [2.05, 4.69) is 21.1 Å². The standard InChI is InChI=1S/C22H27N5O3/c28-20(9-10-27-11-13-30-14-12-27)25-26-22(29)18-15-16-5-4-8-19(16)24-21(18)23-17-6-2-1-3-7-17/h1-3,6-7,15H,4-5,8-14H2,(H,23,24)(H,25,28)(H,26,29). The Labute approximate surface area is 176 Å². The Morgan fingerprint density at radius 2 is 1.87 bits per heavy atom. The van der Waals surface area contributed by atoms with Crippen molar-refractivity contribution in [3.05, 3.63) is 53.2 Å². The summed E-state index contributed by atoms with van der Waals surface area (Å²) in [5, 5.41) is 3.24. The van der Waals surface area contributed by atoms with Gasteiger partial charge in [-0.15, -0.1) is 0 Å². The molecular weight excluding hydrogens is 382 g/mol. The van der Waals surface area contributed by atoms with Crippen LogP contribution >= 0.6 is 0 Å². The number of aryl methyl sites for hydroxylation is 2. The maximum Gasteiger partial charge on any atom is 0.273 e. The Balaban J connectivity index is 1.39. The van der Waals surface area contributed by atoms with E-state index in [1.54, 1.807) is 0 Å². The van der Waals surface area contributed by atoms with Crippen LogP contribution in [0.3, 0.4) is 0 Å². The highest BCUT2D eigenvalue weighted by molar-refractivity contribution is 6.00. The molecule has 2 amide bonds. The molecule has 30 heavy (non-hydrogen) atoms. The first-order valence-corrected chi connectivity index (χ1v) is 10.4. The van der Waals surface area contributed by atoms with Gasteiger partial charge in [0.25, 0.3) is 5.91 Å². The summed E-state index contributed by atoms with van der Waals surface area (Å²) in [5.41, 5.74) is 8.47. The molecule has 1 aromatic heterocycles. The van der Waals surface area contributed by atoms with Crippen LogP contribution in [0.25, 0.3) is 0 Å². The zero-order chi connectivity index (χ0) is 20.8. The van der Waals surface area contributed by atoms with E-state index in [1.807, 2.05) is 36.4 Å². The number of hydrazine groups is 1. The molecule has 4 rings (SSSR count). The normalized spacial score (nSPS) is 16.0. The number of nitrogens with one attached hydrogen (secondary N) is 3. The third kappa shape index (κ3) is 5.14. The molecule has 1 aliphatic carbocycles. The quantitative estimate of drug-likeness (QED) is 0.630. The number of fused-ring (bicyclic) bond motifs is 1. The van der Waals surface area contributed by atoms with Crippen molar-refractivity contribution in [3.8, 4) is 0 Å². The van der Waals surface area contributed by atoms with Crippen LogP contribution in [0.2, 0.25) is 0 Å². The topological polar surface area (TPSA) is 95.6 Å². The fourth-order valence-electron chi connectivity index (χ4n) is 3.74. The van der Waals surface area contributed by atoms with Gasteiger partial charge < -0.3 is 10.1 Å². The number of hydrogen-bond acceptors (Lipinski definition) is 6. The van der Waals surface area contributed by atoms with Crippen molar-refractivity contribution in [2.45, 2.75) is 25.7 Å². The first-order valence-electron chi connectivity index (χ1n) is 10.4. The number of rotatable bonds is 6. The first kappa shape index (κ1) is 20.3. The van der Waals surface area contributed by atoms with Crippen molar-refractivity contribution >= 4 is 23.3 Å². The van der Waals surface area contributed by atoms with Gasteiger partial charge >= 0.3 is 0 Å². The lowest BCUT2D eigenvalue weighted by Gasteiger charge is -2.26. The second-order valence-corrected chi connectivity index (χ2v) is 7.54. The number of benzene rings is 1. The number of carbonyl (C=O) groups excluding carboxylic acids is 2. The number of carbonyl (C=O) groups is 2. The average molecular weight is 409 g/mol. The Hall–Kier alpha value is -2.97. The molecule has 0 saturated carbocycles. The molecule has 1 aliphatic heterocycles. The van der Waals surface area contributed by atoms with E-state index in [9.17, 15) is 9.59 Å². The maximum absolute atomic E-state index is 12.8. The van der Waals surface area contributed by atoms with Crippen molar-refractivity contribution in [1.82, 2.24) is 20.7 Å². The minimum atomic E-state index is -0.379. The van der Waals surface area contributed by atoms with E-state index in [1.165, 1.54) is 0 Å². The number of para-hydroxylation sites is 1. The van der Waals surface area contributed by atoms with Gasteiger partial charge in [-0.25, -0.2) is 4.98 Å². The lowest BCUT2D eigenvalue weighted by molar-refractivity contribution is -0.122. The second kappa shape index (κ2) is 9.69. The third-order valence-electron chi connectivity index (χ3n) is 5.41. The van der Waals surface area contributed by atoms with Gasteiger partial charge in [-0.05, 0) is 43.0 Å². The van der Waals surface area contributed by atoms with Crippen molar-refractivity contribution in [3.63, 3.8) is 0 Å². The Morgan fingerprint density at radius 3 is 2.67 bits per heavy atom. The molecule has 1 saturated heterocycles. The molecular formula is C22H27N5O3. The monoisotopic (exact) mass is 409 g/mol. The largest absolute Gasteiger partial charge is 0.379 e. The van der Waals surface area contributed by atoms with Crippen LogP contribution in [0.1, 0.15) is 34.5 Å². The summed E-state index contributed by atoms with van der Waals surface area (Å²) in [4.78, 5) is 31.9. The van der Waals surface area contributed by atoms with Gasteiger partial charge in [-0.1, -0.05) is 18.2 Å². The van der Waals surface area contributed by atoms with Gasteiger partial charge in [0.15, 0.2) is 0 Å². The molecule has 2 heterocycles. The van der Waals surface area contributed by atoms with Crippen molar-refractivity contribution in [1.29, 1.82) is 0 Å². The highest BCUT2D eigenvalue weighted by Crippen LogP contribution is 2.27. The Morgan fingerprint density at radius 1 is 1.07 bits per heavy atom. The summed E-state index contributed by atoms with van der Waals surface area (Å²) in [7, 11) is 0. The minimum absolute atomic E-state index is 0.221. The molecule has 0 atom stereocenters. The molecule has 8 heteroatoms. The molecule has 1 fully saturated rings. The summed E-state index contributed by atoms with van der Waals surface area (Å²) < 4.78 is 5.31. The molecule has 0 radical (unpaired) electrons. The second-order valence-electron chi connectivity index (χ2n) is 7.54. The van der Waals surface area contributed by atoms with Crippen LogP contribution in [0.5, 0.6) is 0 Å². The van der Waals surface area contributed by atoms with E-state index >= 15 is 0 Å². The Bertz CT molecular complexity index is 897. The number of pyridine rings is 1. The summed E-state index contributed by atoms with van der Waals surface area (Å²) >= 11 is 0. The molecule has 0 unspecified atom stereocenters. The molecule has 2 aliphatic rings. The zero-order valence-corrected chi connectivity index (χ0v) is 16.9. The maximum atomic E-state index is 12.8. The van der Waals surface area contributed by atoms with Gasteiger partial charge in [0.05, 0.1) is 18.8 Å². The lowest BCUT2D eigenvalue weighted by Crippen LogP contribution is -2.44. The van der Waals surface area contributed by atoms with E-state index in [-0.39, 0.29) is 11.8 Å². The highest BCUT2D eigenvalue weighted by Gasteiger charge is 2.21. The average Bonchev–Trinajstić information content (AvgIpc) is 3.24. The van der Waals surface area contributed by atoms with Crippen molar-refractivity contribution < 1.29 is 14.3 Å². The fraction of sp³-hybridized carbons (Fsp3) is 0.409. The van der Waals surface area contributed by atoms with Crippen LogP contribution in [-0.2, 0) is 22.4 Å².